The van der Waals surface area contributed by atoms with E-state index in [2.05, 4.69) is 0 Å². The average Bonchev–Trinajstić information content (AvgIpc) is 2.77. The SMILES string of the molecule is Cc1ccc(CCc2ccc(C3=CC=C(c4ccccc4)C(F)C3F)cc2)cc1F. The summed E-state index contributed by atoms with van der Waals surface area (Å²) in [5.74, 6) is -0.190. The number of hydrogen-bond acceptors (Lipinski definition) is 0. The summed E-state index contributed by atoms with van der Waals surface area (Å²) in [6.07, 6.45) is 1.43. The van der Waals surface area contributed by atoms with Gasteiger partial charge < -0.3 is 0 Å². The summed E-state index contributed by atoms with van der Waals surface area (Å²) in [5, 5.41) is 0. The van der Waals surface area contributed by atoms with Gasteiger partial charge in [0.15, 0.2) is 12.3 Å². The second-order valence-electron chi connectivity index (χ2n) is 7.69. The van der Waals surface area contributed by atoms with Crippen LogP contribution in [0.5, 0.6) is 0 Å². The van der Waals surface area contributed by atoms with E-state index in [-0.39, 0.29) is 5.82 Å². The fourth-order valence-electron chi connectivity index (χ4n) is 3.76. The smallest absolute Gasteiger partial charge is 0.161 e. The molecule has 0 amide bonds. The van der Waals surface area contributed by atoms with Gasteiger partial charge in [-0.15, -0.1) is 0 Å². The van der Waals surface area contributed by atoms with Gasteiger partial charge in [0.2, 0.25) is 0 Å². The molecule has 3 heteroatoms. The predicted molar refractivity (Wildman–Crippen MR) is 117 cm³/mol. The molecule has 0 spiro atoms. The first-order valence-electron chi connectivity index (χ1n) is 10.1. The topological polar surface area (TPSA) is 0 Å². The maximum atomic E-state index is 14.9. The molecule has 0 bridgehead atoms. The molecule has 30 heavy (non-hydrogen) atoms. The number of halogens is 3. The minimum Gasteiger partial charge on any atom is -0.239 e. The van der Waals surface area contributed by atoms with E-state index in [1.165, 1.54) is 0 Å². The van der Waals surface area contributed by atoms with Crippen molar-refractivity contribution in [1.82, 2.24) is 0 Å². The summed E-state index contributed by atoms with van der Waals surface area (Å²) in [7, 11) is 0. The Hall–Kier alpha value is -3.07. The third kappa shape index (κ3) is 4.25. The van der Waals surface area contributed by atoms with Crippen molar-refractivity contribution in [3.8, 4) is 0 Å². The predicted octanol–water partition coefficient (Wildman–Crippen LogP) is 7.08. The first-order valence-corrected chi connectivity index (χ1v) is 10.1. The molecule has 1 aliphatic carbocycles. The van der Waals surface area contributed by atoms with Crippen molar-refractivity contribution < 1.29 is 13.2 Å². The molecule has 152 valence electrons. The van der Waals surface area contributed by atoms with Crippen molar-refractivity contribution in [2.75, 3.05) is 0 Å². The van der Waals surface area contributed by atoms with Crippen LogP contribution in [0.3, 0.4) is 0 Å². The molecule has 2 unspecified atom stereocenters. The van der Waals surface area contributed by atoms with Gasteiger partial charge in [0.05, 0.1) is 0 Å². The molecule has 0 aromatic heterocycles. The molecule has 2 atom stereocenters. The molecule has 0 radical (unpaired) electrons. The van der Waals surface area contributed by atoms with E-state index in [1.807, 2.05) is 48.5 Å². The van der Waals surface area contributed by atoms with E-state index >= 15 is 0 Å². The molecule has 1 aliphatic rings. The number of allylic oxidation sites excluding steroid dienone is 4. The zero-order chi connectivity index (χ0) is 21.1. The Morgan fingerprint density at radius 1 is 0.667 bits per heavy atom. The maximum absolute atomic E-state index is 14.9. The highest BCUT2D eigenvalue weighted by atomic mass is 19.2. The van der Waals surface area contributed by atoms with Crippen molar-refractivity contribution in [1.29, 1.82) is 0 Å². The normalized spacial score (nSPS) is 18.7. The average molecular weight is 404 g/mol. The van der Waals surface area contributed by atoms with Gasteiger partial charge in [0.25, 0.3) is 0 Å². The second-order valence-corrected chi connectivity index (χ2v) is 7.69. The van der Waals surface area contributed by atoms with E-state index in [4.69, 9.17) is 0 Å². The van der Waals surface area contributed by atoms with Crippen molar-refractivity contribution in [3.05, 3.63) is 119 Å². The molecular formula is C27H23F3. The van der Waals surface area contributed by atoms with E-state index in [9.17, 15) is 13.2 Å². The Bertz CT molecular complexity index is 1080. The molecule has 3 aromatic rings. The minimum atomic E-state index is -1.70. The minimum absolute atomic E-state index is 0.190. The number of rotatable bonds is 5. The quantitative estimate of drug-likeness (QED) is 0.426. The summed E-state index contributed by atoms with van der Waals surface area (Å²) in [6.45, 7) is 1.75. The summed E-state index contributed by atoms with van der Waals surface area (Å²) in [4.78, 5) is 0. The van der Waals surface area contributed by atoms with Crippen LogP contribution in [0.1, 0.15) is 27.8 Å². The lowest BCUT2D eigenvalue weighted by Gasteiger charge is -2.24. The van der Waals surface area contributed by atoms with Crippen LogP contribution in [0.15, 0.2) is 84.9 Å². The highest BCUT2D eigenvalue weighted by Crippen LogP contribution is 2.36. The van der Waals surface area contributed by atoms with Crippen LogP contribution in [0.25, 0.3) is 11.1 Å². The van der Waals surface area contributed by atoms with Gasteiger partial charge in [-0.1, -0.05) is 78.9 Å². The van der Waals surface area contributed by atoms with Crippen LogP contribution in [0, 0.1) is 12.7 Å². The van der Waals surface area contributed by atoms with Gasteiger partial charge in [-0.25, -0.2) is 13.2 Å². The number of hydrogen-bond donors (Lipinski definition) is 0. The summed E-state index contributed by atoms with van der Waals surface area (Å²) in [6, 6.07) is 21.9. The number of benzene rings is 3. The van der Waals surface area contributed by atoms with E-state index in [1.54, 1.807) is 43.3 Å². The highest BCUT2D eigenvalue weighted by Gasteiger charge is 2.31. The molecule has 0 nitrogen and oxygen atoms in total. The molecule has 0 saturated heterocycles. The molecule has 0 fully saturated rings. The van der Waals surface area contributed by atoms with Crippen LogP contribution in [0.2, 0.25) is 0 Å². The van der Waals surface area contributed by atoms with Crippen LogP contribution >= 0.6 is 0 Å². The van der Waals surface area contributed by atoms with Crippen LogP contribution in [-0.2, 0) is 12.8 Å². The fraction of sp³-hybridized carbons (Fsp3) is 0.185. The standard InChI is InChI=1S/C27H23F3/c1-18-7-8-20(17-25(18)28)10-9-19-11-13-22(14-12-19)24-16-15-23(26(29)27(24)30)21-5-3-2-4-6-21/h2-8,11-17,26-27H,9-10H2,1H3. The zero-order valence-electron chi connectivity index (χ0n) is 16.8. The number of aryl methyl sites for hydroxylation is 3. The summed E-state index contributed by atoms with van der Waals surface area (Å²) >= 11 is 0. The first-order chi connectivity index (χ1) is 14.5. The Balaban J connectivity index is 1.48. The van der Waals surface area contributed by atoms with Crippen molar-refractivity contribution in [2.24, 2.45) is 0 Å². The third-order valence-corrected chi connectivity index (χ3v) is 5.63. The van der Waals surface area contributed by atoms with Crippen molar-refractivity contribution >= 4 is 11.1 Å². The van der Waals surface area contributed by atoms with Crippen molar-refractivity contribution in [3.63, 3.8) is 0 Å². The Morgan fingerprint density at radius 2 is 1.20 bits per heavy atom. The molecule has 0 aliphatic heterocycles. The van der Waals surface area contributed by atoms with Crippen LogP contribution in [0.4, 0.5) is 13.2 Å². The largest absolute Gasteiger partial charge is 0.239 e. The van der Waals surface area contributed by atoms with Gasteiger partial charge in [0.1, 0.15) is 5.82 Å². The van der Waals surface area contributed by atoms with Gasteiger partial charge in [-0.2, -0.15) is 0 Å². The summed E-state index contributed by atoms with van der Waals surface area (Å²) < 4.78 is 43.4. The lowest BCUT2D eigenvalue weighted by molar-refractivity contribution is 0.262. The maximum Gasteiger partial charge on any atom is 0.161 e. The van der Waals surface area contributed by atoms with E-state index in [0.717, 1.165) is 24.0 Å². The lowest BCUT2D eigenvalue weighted by atomic mass is 9.87. The molecule has 0 saturated carbocycles. The van der Waals surface area contributed by atoms with E-state index in [0.29, 0.717) is 27.8 Å². The van der Waals surface area contributed by atoms with Gasteiger partial charge >= 0.3 is 0 Å². The van der Waals surface area contributed by atoms with Crippen LogP contribution < -0.4 is 0 Å². The van der Waals surface area contributed by atoms with Gasteiger partial charge in [0, 0.05) is 0 Å². The molecule has 0 N–H and O–H groups in total. The fourth-order valence-corrected chi connectivity index (χ4v) is 3.76. The zero-order valence-corrected chi connectivity index (χ0v) is 16.8. The van der Waals surface area contributed by atoms with Crippen LogP contribution in [-0.4, -0.2) is 12.3 Å². The third-order valence-electron chi connectivity index (χ3n) is 5.63. The monoisotopic (exact) mass is 404 g/mol. The van der Waals surface area contributed by atoms with Gasteiger partial charge in [-0.05, 0) is 64.8 Å². The highest BCUT2D eigenvalue weighted by molar-refractivity contribution is 5.83. The lowest BCUT2D eigenvalue weighted by Crippen LogP contribution is -2.23. The van der Waals surface area contributed by atoms with Crippen molar-refractivity contribution in [2.45, 2.75) is 32.1 Å². The Labute approximate surface area is 175 Å². The Morgan fingerprint density at radius 3 is 1.80 bits per heavy atom. The van der Waals surface area contributed by atoms with Gasteiger partial charge in [-0.3, -0.25) is 0 Å². The molecule has 0 heterocycles. The molecular weight excluding hydrogens is 381 g/mol. The number of alkyl halides is 2. The first kappa shape index (κ1) is 20.2. The Kier molecular flexibility index (Phi) is 5.89. The molecule has 4 rings (SSSR count). The molecule has 3 aromatic carbocycles. The summed E-state index contributed by atoms with van der Waals surface area (Å²) in [5.41, 5.74) is 4.76. The second kappa shape index (κ2) is 8.74. The van der Waals surface area contributed by atoms with E-state index < -0.39 is 12.3 Å².